The maximum absolute atomic E-state index is 14.3. The monoisotopic (exact) mass is 308 g/mol. The summed E-state index contributed by atoms with van der Waals surface area (Å²) >= 11 is 0. The van der Waals surface area contributed by atoms with Crippen molar-refractivity contribution in [3.8, 4) is 22.6 Å². The van der Waals surface area contributed by atoms with Crippen molar-refractivity contribution in [1.29, 1.82) is 0 Å². The van der Waals surface area contributed by atoms with E-state index in [2.05, 4.69) is 0 Å². The summed E-state index contributed by atoms with van der Waals surface area (Å²) in [5.74, 6) is 0.150. The number of hydrogen-bond donors (Lipinski definition) is 2. The predicted molar refractivity (Wildman–Crippen MR) is 89.0 cm³/mol. The summed E-state index contributed by atoms with van der Waals surface area (Å²) in [6.07, 6.45) is 1.52. The van der Waals surface area contributed by atoms with Gasteiger partial charge in [0.05, 0.1) is 0 Å². The first-order chi connectivity index (χ1) is 11.1. The second kappa shape index (κ2) is 6.53. The van der Waals surface area contributed by atoms with Crippen molar-refractivity contribution in [2.45, 2.75) is 12.8 Å². The molecule has 3 aromatic rings. The number of benzene rings is 3. The van der Waals surface area contributed by atoms with E-state index in [1.807, 2.05) is 18.2 Å². The number of aromatic hydroxyl groups is 2. The second-order valence-electron chi connectivity index (χ2n) is 5.53. The summed E-state index contributed by atoms with van der Waals surface area (Å²) in [5.41, 5.74) is 3.30. The van der Waals surface area contributed by atoms with Gasteiger partial charge in [-0.25, -0.2) is 4.39 Å². The lowest BCUT2D eigenvalue weighted by atomic mass is 9.99. The van der Waals surface area contributed by atoms with Crippen LogP contribution in [-0.2, 0) is 12.8 Å². The van der Waals surface area contributed by atoms with Crippen molar-refractivity contribution < 1.29 is 14.6 Å². The van der Waals surface area contributed by atoms with Gasteiger partial charge in [-0.2, -0.15) is 0 Å². The molecular weight excluding hydrogens is 291 g/mol. The molecule has 116 valence electrons. The molecule has 0 atom stereocenters. The summed E-state index contributed by atoms with van der Waals surface area (Å²) in [7, 11) is 0. The molecule has 0 unspecified atom stereocenters. The highest BCUT2D eigenvalue weighted by atomic mass is 19.1. The van der Waals surface area contributed by atoms with Crippen LogP contribution < -0.4 is 0 Å². The molecule has 0 aliphatic carbocycles. The van der Waals surface area contributed by atoms with Crippen LogP contribution in [0.25, 0.3) is 11.1 Å². The van der Waals surface area contributed by atoms with E-state index in [9.17, 15) is 14.6 Å². The molecule has 3 heteroatoms. The molecule has 0 aliphatic heterocycles. The molecule has 0 aromatic heterocycles. The first kappa shape index (κ1) is 15.1. The first-order valence-corrected chi connectivity index (χ1v) is 7.47. The van der Waals surface area contributed by atoms with E-state index >= 15 is 0 Å². The lowest BCUT2D eigenvalue weighted by Crippen LogP contribution is -1.93. The summed E-state index contributed by atoms with van der Waals surface area (Å²) in [4.78, 5) is 0. The van der Waals surface area contributed by atoms with Crippen LogP contribution >= 0.6 is 0 Å². The molecule has 0 fully saturated rings. The smallest absolute Gasteiger partial charge is 0.131 e. The molecular formula is C20H17FO2. The van der Waals surface area contributed by atoms with Crippen LogP contribution in [0.3, 0.4) is 0 Å². The quantitative estimate of drug-likeness (QED) is 0.734. The first-order valence-electron chi connectivity index (χ1n) is 7.47. The van der Waals surface area contributed by atoms with E-state index in [0.717, 1.165) is 29.5 Å². The number of rotatable bonds is 4. The average Bonchev–Trinajstić information content (AvgIpc) is 2.55. The van der Waals surface area contributed by atoms with Crippen molar-refractivity contribution in [1.82, 2.24) is 0 Å². The summed E-state index contributed by atoms with van der Waals surface area (Å²) in [5, 5.41) is 18.6. The Morgan fingerprint density at radius 1 is 0.652 bits per heavy atom. The highest BCUT2D eigenvalue weighted by molar-refractivity contribution is 5.65. The van der Waals surface area contributed by atoms with E-state index in [4.69, 9.17) is 0 Å². The Balaban J connectivity index is 1.74. The van der Waals surface area contributed by atoms with Gasteiger partial charge in [0, 0.05) is 5.56 Å². The van der Waals surface area contributed by atoms with Crippen LogP contribution in [0.5, 0.6) is 11.5 Å². The molecule has 23 heavy (non-hydrogen) atoms. The molecule has 3 rings (SSSR count). The number of halogens is 1. The zero-order chi connectivity index (χ0) is 16.2. The molecule has 0 radical (unpaired) electrons. The minimum atomic E-state index is -0.265. The van der Waals surface area contributed by atoms with Gasteiger partial charge in [-0.05, 0) is 59.9 Å². The number of phenolic OH excluding ortho intramolecular Hbond substituents is 2. The molecule has 2 nitrogen and oxygen atoms in total. The molecule has 0 bridgehead atoms. The SMILES string of the molecule is Oc1ccc(CCc2ccc(-c3ccc(O)cc3)c(F)c2)cc1. The number of aryl methyl sites for hydroxylation is 2. The van der Waals surface area contributed by atoms with Gasteiger partial charge < -0.3 is 10.2 Å². The van der Waals surface area contributed by atoms with Gasteiger partial charge in [0.15, 0.2) is 0 Å². The van der Waals surface area contributed by atoms with Crippen LogP contribution in [-0.4, -0.2) is 10.2 Å². The van der Waals surface area contributed by atoms with Gasteiger partial charge in [0.2, 0.25) is 0 Å². The molecule has 0 amide bonds. The van der Waals surface area contributed by atoms with Gasteiger partial charge in [0.25, 0.3) is 0 Å². The predicted octanol–water partition coefficient (Wildman–Crippen LogP) is 4.69. The highest BCUT2D eigenvalue weighted by Gasteiger charge is 2.07. The second-order valence-corrected chi connectivity index (χ2v) is 5.53. The maximum atomic E-state index is 14.3. The van der Waals surface area contributed by atoms with Crippen molar-refractivity contribution >= 4 is 0 Å². The van der Waals surface area contributed by atoms with E-state index < -0.39 is 0 Å². The Morgan fingerprint density at radius 3 is 1.78 bits per heavy atom. The standard InChI is InChI=1S/C20H17FO2/c21-20-13-15(2-1-14-3-8-17(22)9-4-14)5-12-19(20)16-6-10-18(23)11-7-16/h3-13,22-23H,1-2H2. The Kier molecular flexibility index (Phi) is 4.29. The lowest BCUT2D eigenvalue weighted by Gasteiger charge is -2.07. The van der Waals surface area contributed by atoms with Crippen molar-refractivity contribution in [3.63, 3.8) is 0 Å². The molecule has 0 saturated carbocycles. The number of phenols is 2. The van der Waals surface area contributed by atoms with Crippen molar-refractivity contribution in [3.05, 3.63) is 83.7 Å². The minimum absolute atomic E-state index is 0.166. The fraction of sp³-hybridized carbons (Fsp3) is 0.100. The molecule has 0 heterocycles. The van der Waals surface area contributed by atoms with E-state index in [1.54, 1.807) is 48.5 Å². The highest BCUT2D eigenvalue weighted by Crippen LogP contribution is 2.26. The van der Waals surface area contributed by atoms with Crippen LogP contribution in [0.2, 0.25) is 0 Å². The van der Waals surface area contributed by atoms with Crippen LogP contribution in [0.4, 0.5) is 4.39 Å². The topological polar surface area (TPSA) is 40.5 Å². The maximum Gasteiger partial charge on any atom is 0.131 e. The van der Waals surface area contributed by atoms with Gasteiger partial charge >= 0.3 is 0 Å². The fourth-order valence-corrected chi connectivity index (χ4v) is 2.54. The minimum Gasteiger partial charge on any atom is -0.508 e. The Labute approximate surface area is 134 Å². The number of hydrogen-bond acceptors (Lipinski definition) is 2. The van der Waals surface area contributed by atoms with Gasteiger partial charge in [-0.1, -0.05) is 36.4 Å². The van der Waals surface area contributed by atoms with Crippen molar-refractivity contribution in [2.75, 3.05) is 0 Å². The average molecular weight is 308 g/mol. The Morgan fingerprint density at radius 2 is 1.17 bits per heavy atom. The largest absolute Gasteiger partial charge is 0.508 e. The van der Waals surface area contributed by atoms with E-state index in [0.29, 0.717) is 5.56 Å². The normalized spacial score (nSPS) is 10.7. The fourth-order valence-electron chi connectivity index (χ4n) is 2.54. The van der Waals surface area contributed by atoms with Crippen LogP contribution in [0.1, 0.15) is 11.1 Å². The zero-order valence-electron chi connectivity index (χ0n) is 12.5. The third-order valence-electron chi connectivity index (χ3n) is 3.85. The van der Waals surface area contributed by atoms with Crippen molar-refractivity contribution in [2.24, 2.45) is 0 Å². The third-order valence-corrected chi connectivity index (χ3v) is 3.85. The molecule has 2 N–H and O–H groups in total. The third kappa shape index (κ3) is 3.69. The van der Waals surface area contributed by atoms with Gasteiger partial charge in [-0.15, -0.1) is 0 Å². The summed E-state index contributed by atoms with van der Waals surface area (Å²) in [6, 6.07) is 18.8. The summed E-state index contributed by atoms with van der Waals surface area (Å²) in [6.45, 7) is 0. The summed E-state index contributed by atoms with van der Waals surface area (Å²) < 4.78 is 14.3. The van der Waals surface area contributed by atoms with Crippen LogP contribution in [0, 0.1) is 5.82 Å². The Hall–Kier alpha value is -2.81. The Bertz CT molecular complexity index is 793. The zero-order valence-corrected chi connectivity index (χ0v) is 12.5. The molecule has 0 saturated heterocycles. The van der Waals surface area contributed by atoms with Gasteiger partial charge in [0.1, 0.15) is 17.3 Å². The molecule has 0 aliphatic rings. The van der Waals surface area contributed by atoms with Crippen LogP contribution in [0.15, 0.2) is 66.7 Å². The van der Waals surface area contributed by atoms with Gasteiger partial charge in [-0.3, -0.25) is 0 Å². The van der Waals surface area contributed by atoms with E-state index in [-0.39, 0.29) is 17.3 Å². The molecule has 0 spiro atoms. The van der Waals surface area contributed by atoms with E-state index in [1.165, 1.54) is 0 Å². The molecule has 3 aromatic carbocycles. The lowest BCUT2D eigenvalue weighted by molar-refractivity contribution is 0.474.